The number of nitrogens with zero attached hydrogens (tertiary/aromatic N) is 3. The Morgan fingerprint density at radius 2 is 2.44 bits per heavy atom. The molecule has 1 saturated heterocycles. The molecule has 1 aromatic heterocycles. The Bertz CT molecular complexity index is 355. The van der Waals surface area contributed by atoms with E-state index in [2.05, 4.69) is 22.0 Å². The summed E-state index contributed by atoms with van der Waals surface area (Å²) in [7, 11) is 0. The SMILES string of the molecule is N#CCN1CCC[C@H]1CCc1ccccn1. The normalized spacial score (nSPS) is 20.8. The van der Waals surface area contributed by atoms with Crippen molar-refractivity contribution >= 4 is 0 Å². The van der Waals surface area contributed by atoms with E-state index in [1.165, 1.54) is 12.8 Å². The summed E-state index contributed by atoms with van der Waals surface area (Å²) in [5, 5.41) is 8.73. The summed E-state index contributed by atoms with van der Waals surface area (Å²) in [6, 6.07) is 8.88. The lowest BCUT2D eigenvalue weighted by atomic mass is 10.1. The lowest BCUT2D eigenvalue weighted by Gasteiger charge is -2.21. The number of pyridine rings is 1. The average Bonchev–Trinajstić information content (AvgIpc) is 2.76. The number of hydrogen-bond acceptors (Lipinski definition) is 3. The molecule has 0 amide bonds. The van der Waals surface area contributed by atoms with Gasteiger partial charge in [-0.3, -0.25) is 9.88 Å². The van der Waals surface area contributed by atoms with Gasteiger partial charge in [-0.2, -0.15) is 5.26 Å². The van der Waals surface area contributed by atoms with Crippen LogP contribution in [0, 0.1) is 11.3 Å². The molecule has 1 atom stereocenters. The number of nitriles is 1. The fraction of sp³-hybridized carbons (Fsp3) is 0.538. The summed E-state index contributed by atoms with van der Waals surface area (Å²) in [5.41, 5.74) is 1.16. The quantitative estimate of drug-likeness (QED) is 0.721. The van der Waals surface area contributed by atoms with Gasteiger partial charge in [0.2, 0.25) is 0 Å². The molecule has 0 N–H and O–H groups in total. The highest BCUT2D eigenvalue weighted by Gasteiger charge is 2.23. The molecular weight excluding hydrogens is 198 g/mol. The molecule has 1 aromatic rings. The van der Waals surface area contributed by atoms with Crippen molar-refractivity contribution in [2.24, 2.45) is 0 Å². The molecule has 1 aliphatic rings. The predicted octanol–water partition coefficient (Wildman–Crippen LogP) is 2.00. The van der Waals surface area contributed by atoms with Crippen LogP contribution in [0.2, 0.25) is 0 Å². The molecule has 16 heavy (non-hydrogen) atoms. The van der Waals surface area contributed by atoms with Gasteiger partial charge < -0.3 is 0 Å². The Morgan fingerprint density at radius 1 is 1.50 bits per heavy atom. The minimum Gasteiger partial charge on any atom is -0.288 e. The Balaban J connectivity index is 1.84. The molecule has 84 valence electrons. The van der Waals surface area contributed by atoms with E-state index in [1.54, 1.807) is 0 Å². The van der Waals surface area contributed by atoms with Crippen LogP contribution in [0.15, 0.2) is 24.4 Å². The highest BCUT2D eigenvalue weighted by molar-refractivity contribution is 5.04. The van der Waals surface area contributed by atoms with Crippen LogP contribution in [0.25, 0.3) is 0 Å². The largest absolute Gasteiger partial charge is 0.288 e. The lowest BCUT2D eigenvalue weighted by molar-refractivity contribution is 0.271. The maximum Gasteiger partial charge on any atom is 0.0868 e. The number of aryl methyl sites for hydroxylation is 1. The molecule has 1 aliphatic heterocycles. The van der Waals surface area contributed by atoms with Gasteiger partial charge in [-0.05, 0) is 44.4 Å². The van der Waals surface area contributed by atoms with Gasteiger partial charge in [0.25, 0.3) is 0 Å². The zero-order valence-corrected chi connectivity index (χ0v) is 9.47. The van der Waals surface area contributed by atoms with Crippen molar-refractivity contribution in [2.45, 2.75) is 31.7 Å². The monoisotopic (exact) mass is 215 g/mol. The first-order chi connectivity index (χ1) is 7.90. The summed E-state index contributed by atoms with van der Waals surface area (Å²) >= 11 is 0. The second kappa shape index (κ2) is 5.62. The maximum absolute atomic E-state index is 8.73. The van der Waals surface area contributed by atoms with Crippen molar-refractivity contribution in [2.75, 3.05) is 13.1 Å². The minimum atomic E-state index is 0.576. The average molecular weight is 215 g/mol. The van der Waals surface area contributed by atoms with E-state index in [0.717, 1.165) is 25.1 Å². The smallest absolute Gasteiger partial charge is 0.0868 e. The van der Waals surface area contributed by atoms with Crippen molar-refractivity contribution in [1.29, 1.82) is 5.26 Å². The highest BCUT2D eigenvalue weighted by atomic mass is 15.2. The first-order valence-corrected chi connectivity index (χ1v) is 5.91. The van der Waals surface area contributed by atoms with E-state index in [1.807, 2.05) is 18.3 Å². The third kappa shape index (κ3) is 2.80. The lowest BCUT2D eigenvalue weighted by Crippen LogP contribution is -2.30. The van der Waals surface area contributed by atoms with E-state index in [0.29, 0.717) is 12.6 Å². The highest BCUT2D eigenvalue weighted by Crippen LogP contribution is 2.20. The Kier molecular flexibility index (Phi) is 3.90. The van der Waals surface area contributed by atoms with Gasteiger partial charge in [0.15, 0.2) is 0 Å². The summed E-state index contributed by atoms with van der Waals surface area (Å²) in [6.45, 7) is 1.66. The third-order valence-electron chi connectivity index (χ3n) is 3.23. The molecule has 2 rings (SSSR count). The van der Waals surface area contributed by atoms with E-state index in [4.69, 9.17) is 5.26 Å². The summed E-state index contributed by atoms with van der Waals surface area (Å²) in [6.07, 6.45) is 6.45. The van der Waals surface area contributed by atoms with Gasteiger partial charge in [-0.15, -0.1) is 0 Å². The Labute approximate surface area is 96.7 Å². The van der Waals surface area contributed by atoms with Crippen molar-refractivity contribution in [3.05, 3.63) is 30.1 Å². The van der Waals surface area contributed by atoms with Gasteiger partial charge >= 0.3 is 0 Å². The summed E-state index contributed by atoms with van der Waals surface area (Å²) in [5.74, 6) is 0. The van der Waals surface area contributed by atoms with Gasteiger partial charge in [-0.25, -0.2) is 0 Å². The molecule has 3 nitrogen and oxygen atoms in total. The van der Waals surface area contributed by atoms with Crippen LogP contribution in [-0.2, 0) is 6.42 Å². The van der Waals surface area contributed by atoms with E-state index in [-0.39, 0.29) is 0 Å². The van der Waals surface area contributed by atoms with Crippen LogP contribution in [0.1, 0.15) is 25.0 Å². The van der Waals surface area contributed by atoms with Crippen LogP contribution < -0.4 is 0 Å². The van der Waals surface area contributed by atoms with Crippen molar-refractivity contribution in [3.8, 4) is 6.07 Å². The molecule has 0 bridgehead atoms. The second-order valence-corrected chi connectivity index (χ2v) is 4.28. The molecule has 3 heteroatoms. The van der Waals surface area contributed by atoms with E-state index in [9.17, 15) is 0 Å². The summed E-state index contributed by atoms with van der Waals surface area (Å²) < 4.78 is 0. The minimum absolute atomic E-state index is 0.576. The molecule has 0 radical (unpaired) electrons. The standard InChI is InChI=1S/C13H17N3/c14-8-11-16-10-3-5-13(16)7-6-12-4-1-2-9-15-12/h1-2,4,9,13H,3,5-7,10-11H2/t13-/m0/s1. The van der Waals surface area contributed by atoms with Crippen LogP contribution >= 0.6 is 0 Å². The van der Waals surface area contributed by atoms with Gasteiger partial charge in [-0.1, -0.05) is 6.07 Å². The zero-order chi connectivity index (χ0) is 11.2. The van der Waals surface area contributed by atoms with E-state index < -0.39 is 0 Å². The van der Waals surface area contributed by atoms with Crippen LogP contribution in [-0.4, -0.2) is 29.0 Å². The van der Waals surface area contributed by atoms with Crippen LogP contribution in [0.4, 0.5) is 0 Å². The number of hydrogen-bond donors (Lipinski definition) is 0. The van der Waals surface area contributed by atoms with Crippen molar-refractivity contribution < 1.29 is 0 Å². The fourth-order valence-electron chi connectivity index (χ4n) is 2.38. The van der Waals surface area contributed by atoms with Gasteiger partial charge in [0, 0.05) is 17.9 Å². The molecular formula is C13H17N3. The Hall–Kier alpha value is -1.40. The molecule has 0 aliphatic carbocycles. The number of rotatable bonds is 4. The van der Waals surface area contributed by atoms with Gasteiger partial charge in [0.1, 0.15) is 0 Å². The second-order valence-electron chi connectivity index (χ2n) is 4.28. The molecule has 1 fully saturated rings. The first kappa shape index (κ1) is 11.1. The maximum atomic E-state index is 8.73. The third-order valence-corrected chi connectivity index (χ3v) is 3.23. The molecule has 0 spiro atoms. The first-order valence-electron chi connectivity index (χ1n) is 5.91. The zero-order valence-electron chi connectivity index (χ0n) is 9.47. The Morgan fingerprint density at radius 3 is 3.19 bits per heavy atom. The van der Waals surface area contributed by atoms with Crippen LogP contribution in [0.5, 0.6) is 0 Å². The van der Waals surface area contributed by atoms with Gasteiger partial charge in [0.05, 0.1) is 12.6 Å². The van der Waals surface area contributed by atoms with Crippen molar-refractivity contribution in [1.82, 2.24) is 9.88 Å². The molecule has 2 heterocycles. The summed E-state index contributed by atoms with van der Waals surface area (Å²) in [4.78, 5) is 6.62. The molecule has 0 saturated carbocycles. The van der Waals surface area contributed by atoms with Crippen LogP contribution in [0.3, 0.4) is 0 Å². The van der Waals surface area contributed by atoms with Crippen molar-refractivity contribution in [3.63, 3.8) is 0 Å². The molecule has 0 unspecified atom stereocenters. The predicted molar refractivity (Wildman–Crippen MR) is 62.8 cm³/mol. The molecule has 0 aromatic carbocycles. The van der Waals surface area contributed by atoms with E-state index >= 15 is 0 Å². The number of likely N-dealkylation sites (tertiary alicyclic amines) is 1. The topological polar surface area (TPSA) is 39.9 Å². The number of aromatic nitrogens is 1. The fourth-order valence-corrected chi connectivity index (χ4v) is 2.38.